The van der Waals surface area contributed by atoms with Gasteiger partial charge in [0.2, 0.25) is 5.91 Å². The Morgan fingerprint density at radius 1 is 1.21 bits per heavy atom. The molecule has 210 valence electrons. The highest BCUT2D eigenvalue weighted by Gasteiger charge is 2.42. The fourth-order valence-electron chi connectivity index (χ4n) is 5.71. The van der Waals surface area contributed by atoms with Gasteiger partial charge in [-0.1, -0.05) is 44.2 Å². The highest BCUT2D eigenvalue weighted by molar-refractivity contribution is 6.00. The summed E-state index contributed by atoms with van der Waals surface area (Å²) in [5, 5.41) is 14.0. The number of ether oxygens (including phenoxy) is 1. The molecule has 2 amide bonds. The van der Waals surface area contributed by atoms with E-state index in [4.69, 9.17) is 15.5 Å². The summed E-state index contributed by atoms with van der Waals surface area (Å²) in [6, 6.07) is 14.2. The van der Waals surface area contributed by atoms with Gasteiger partial charge in [-0.15, -0.1) is 0 Å². The molecule has 0 fully saturated rings. The minimum atomic E-state index is -1.09. The van der Waals surface area contributed by atoms with Gasteiger partial charge in [0.25, 0.3) is 5.91 Å². The summed E-state index contributed by atoms with van der Waals surface area (Å²) in [5.74, 6) is 0.571. The van der Waals surface area contributed by atoms with Crippen LogP contribution in [-0.4, -0.2) is 44.5 Å². The molecule has 2 aromatic carbocycles. The van der Waals surface area contributed by atoms with Crippen LogP contribution in [0.4, 0.5) is 0 Å². The average Bonchev–Trinajstić information content (AvgIpc) is 2.86. The van der Waals surface area contributed by atoms with Crippen LogP contribution in [-0.2, 0) is 4.79 Å². The normalized spacial score (nSPS) is 20.9. The number of nitrogens with two attached hydrogens (primary N) is 1. The summed E-state index contributed by atoms with van der Waals surface area (Å²) in [6.07, 6.45) is 2.53. The molecule has 0 aromatic heterocycles. The van der Waals surface area contributed by atoms with E-state index in [0.29, 0.717) is 30.4 Å². The summed E-state index contributed by atoms with van der Waals surface area (Å²) >= 11 is 0. The molecule has 0 aliphatic carbocycles. The van der Waals surface area contributed by atoms with Crippen molar-refractivity contribution in [2.45, 2.75) is 102 Å². The SMILES string of the molecule is CCC1(CC)CC(=O)N(C(CC(C)(C)O)c2cccc(C(=O)N[C@H]3CC(C)(C)Oc4ccccc43)c2)C(N)=N1. The molecule has 2 atom stereocenters. The Kier molecular flexibility index (Phi) is 7.81. The van der Waals surface area contributed by atoms with Crippen LogP contribution in [0, 0.1) is 0 Å². The van der Waals surface area contributed by atoms with Gasteiger partial charge in [0.1, 0.15) is 11.4 Å². The van der Waals surface area contributed by atoms with Gasteiger partial charge >= 0.3 is 0 Å². The lowest BCUT2D eigenvalue weighted by Crippen LogP contribution is -2.53. The van der Waals surface area contributed by atoms with Gasteiger partial charge in [-0.05, 0) is 64.3 Å². The minimum absolute atomic E-state index is 0.128. The van der Waals surface area contributed by atoms with E-state index in [2.05, 4.69) is 5.32 Å². The highest BCUT2D eigenvalue weighted by Crippen LogP contribution is 2.40. The Hall–Kier alpha value is -3.39. The van der Waals surface area contributed by atoms with Crippen LogP contribution in [0.2, 0.25) is 0 Å². The second-order valence-corrected chi connectivity index (χ2v) is 12.1. The molecule has 2 aromatic rings. The maximum Gasteiger partial charge on any atom is 0.251 e. The molecule has 8 heteroatoms. The van der Waals surface area contributed by atoms with Gasteiger partial charge < -0.3 is 20.9 Å². The van der Waals surface area contributed by atoms with E-state index in [0.717, 1.165) is 11.3 Å². The lowest BCUT2D eigenvalue weighted by atomic mass is 9.86. The van der Waals surface area contributed by atoms with Crippen molar-refractivity contribution in [3.8, 4) is 5.75 Å². The smallest absolute Gasteiger partial charge is 0.251 e. The molecular formula is C31H42N4O4. The van der Waals surface area contributed by atoms with Crippen LogP contribution in [0.3, 0.4) is 0 Å². The number of amides is 2. The van der Waals surface area contributed by atoms with Crippen LogP contribution in [0.1, 0.15) is 107 Å². The monoisotopic (exact) mass is 534 g/mol. The summed E-state index contributed by atoms with van der Waals surface area (Å²) in [6.45, 7) is 11.4. The van der Waals surface area contributed by atoms with E-state index in [1.165, 1.54) is 4.90 Å². The maximum absolute atomic E-state index is 13.5. The number of carbonyl (C=O) groups excluding carboxylic acids is 2. The molecule has 0 spiro atoms. The zero-order valence-electron chi connectivity index (χ0n) is 24.0. The Morgan fingerprint density at radius 2 is 1.90 bits per heavy atom. The molecule has 2 aliphatic heterocycles. The third kappa shape index (κ3) is 6.27. The summed E-state index contributed by atoms with van der Waals surface area (Å²) in [4.78, 5) is 33.3. The molecule has 4 N–H and O–H groups in total. The molecular weight excluding hydrogens is 492 g/mol. The Balaban J connectivity index is 1.66. The number of aliphatic hydroxyl groups is 1. The minimum Gasteiger partial charge on any atom is -0.487 e. The van der Waals surface area contributed by atoms with Crippen molar-refractivity contribution in [2.75, 3.05) is 0 Å². The fourth-order valence-corrected chi connectivity index (χ4v) is 5.71. The predicted molar refractivity (Wildman–Crippen MR) is 152 cm³/mol. The second-order valence-electron chi connectivity index (χ2n) is 12.1. The molecule has 0 saturated heterocycles. The molecule has 1 unspecified atom stereocenters. The van der Waals surface area contributed by atoms with Crippen LogP contribution < -0.4 is 15.8 Å². The number of benzene rings is 2. The first-order valence-electron chi connectivity index (χ1n) is 13.8. The Bertz CT molecular complexity index is 1260. The first-order valence-corrected chi connectivity index (χ1v) is 13.8. The van der Waals surface area contributed by atoms with E-state index >= 15 is 0 Å². The predicted octanol–water partition coefficient (Wildman–Crippen LogP) is 5.03. The topological polar surface area (TPSA) is 117 Å². The average molecular weight is 535 g/mol. The number of nitrogens with zero attached hydrogens (tertiary/aromatic N) is 2. The summed E-state index contributed by atoms with van der Waals surface area (Å²) in [5.41, 5.74) is 6.52. The van der Waals surface area contributed by atoms with Crippen LogP contribution in [0.5, 0.6) is 5.75 Å². The van der Waals surface area contributed by atoms with Gasteiger partial charge in [-0.2, -0.15) is 0 Å². The van der Waals surface area contributed by atoms with Gasteiger partial charge in [0.05, 0.1) is 29.6 Å². The quantitative estimate of drug-likeness (QED) is 0.439. The van der Waals surface area contributed by atoms with Crippen LogP contribution >= 0.6 is 0 Å². The van der Waals surface area contributed by atoms with Crippen molar-refractivity contribution in [1.29, 1.82) is 0 Å². The van der Waals surface area contributed by atoms with Crippen molar-refractivity contribution in [3.05, 3.63) is 65.2 Å². The molecule has 2 aliphatic rings. The van der Waals surface area contributed by atoms with Gasteiger partial charge in [0.15, 0.2) is 5.96 Å². The maximum atomic E-state index is 13.5. The van der Waals surface area contributed by atoms with E-state index in [1.54, 1.807) is 32.0 Å². The van der Waals surface area contributed by atoms with Crippen molar-refractivity contribution >= 4 is 17.8 Å². The lowest BCUT2D eigenvalue weighted by molar-refractivity contribution is -0.132. The third-order valence-electron chi connectivity index (χ3n) is 7.88. The molecule has 4 rings (SSSR count). The number of fused-ring (bicyclic) bond motifs is 1. The number of rotatable bonds is 8. The number of hydrogen-bond acceptors (Lipinski definition) is 6. The molecule has 8 nitrogen and oxygen atoms in total. The molecule has 0 radical (unpaired) electrons. The van der Waals surface area contributed by atoms with E-state index < -0.39 is 22.8 Å². The number of aliphatic imine (C=N–C) groups is 1. The number of carbonyl (C=O) groups is 2. The van der Waals surface area contributed by atoms with E-state index in [-0.39, 0.29) is 36.7 Å². The first-order chi connectivity index (χ1) is 18.3. The first kappa shape index (κ1) is 28.6. The number of nitrogens with one attached hydrogen (secondary N) is 1. The van der Waals surface area contributed by atoms with Crippen LogP contribution in [0.25, 0.3) is 0 Å². The van der Waals surface area contributed by atoms with Gasteiger partial charge in [-0.25, -0.2) is 4.99 Å². The molecule has 2 heterocycles. The highest BCUT2D eigenvalue weighted by atomic mass is 16.5. The third-order valence-corrected chi connectivity index (χ3v) is 7.88. The van der Waals surface area contributed by atoms with E-state index in [9.17, 15) is 14.7 Å². The molecule has 0 saturated carbocycles. The van der Waals surface area contributed by atoms with Crippen molar-refractivity contribution in [1.82, 2.24) is 10.2 Å². The van der Waals surface area contributed by atoms with Crippen molar-refractivity contribution in [3.63, 3.8) is 0 Å². The zero-order valence-corrected chi connectivity index (χ0v) is 24.0. The van der Waals surface area contributed by atoms with Crippen molar-refractivity contribution in [2.24, 2.45) is 10.7 Å². The molecule has 39 heavy (non-hydrogen) atoms. The zero-order chi connectivity index (χ0) is 28.6. The van der Waals surface area contributed by atoms with Gasteiger partial charge in [0, 0.05) is 24.0 Å². The lowest BCUT2D eigenvalue weighted by Gasteiger charge is -2.41. The summed E-state index contributed by atoms with van der Waals surface area (Å²) in [7, 11) is 0. The summed E-state index contributed by atoms with van der Waals surface area (Å²) < 4.78 is 6.12. The van der Waals surface area contributed by atoms with Crippen molar-refractivity contribution < 1.29 is 19.4 Å². The van der Waals surface area contributed by atoms with Gasteiger partial charge in [-0.3, -0.25) is 14.5 Å². The largest absolute Gasteiger partial charge is 0.487 e. The standard InChI is InChI=1S/C31H42N4O4/c1-7-31(8-2)19-26(36)35(28(32)34-31)24(18-29(3,4)38)20-12-11-13-21(16-20)27(37)33-23-17-30(5,6)39-25-15-10-9-14-22(23)25/h9-16,23-24,38H,7-8,17-19H2,1-6H3,(H2,32,34)(H,33,37)/t23-,24?/m0/s1. The Labute approximate surface area is 231 Å². The fraction of sp³-hybridized carbons (Fsp3) is 0.516. The number of para-hydroxylation sites is 1. The Morgan fingerprint density at radius 3 is 2.54 bits per heavy atom. The number of hydrogen-bond donors (Lipinski definition) is 3. The van der Waals surface area contributed by atoms with Crippen LogP contribution in [0.15, 0.2) is 53.5 Å². The number of guanidine groups is 1. The molecule has 0 bridgehead atoms. The van der Waals surface area contributed by atoms with E-state index in [1.807, 2.05) is 58.0 Å². The second kappa shape index (κ2) is 10.6.